The zero-order valence-electron chi connectivity index (χ0n) is 11.5. The van der Waals surface area contributed by atoms with E-state index in [1.54, 1.807) is 19.2 Å². The molecule has 0 atom stereocenters. The number of nitrogens with zero attached hydrogens (tertiary/aromatic N) is 2. The molecule has 110 valence electrons. The number of benzene rings is 1. The highest BCUT2D eigenvalue weighted by molar-refractivity contribution is 5.77. The molecule has 0 unspecified atom stereocenters. The second-order valence-electron chi connectivity index (χ2n) is 4.23. The zero-order valence-corrected chi connectivity index (χ0v) is 11.5. The lowest BCUT2D eigenvalue weighted by molar-refractivity contribution is -0.384. The number of anilines is 1. The van der Waals surface area contributed by atoms with Gasteiger partial charge in [0.15, 0.2) is 0 Å². The molecule has 1 aromatic carbocycles. The van der Waals surface area contributed by atoms with Crippen LogP contribution in [0.2, 0.25) is 0 Å². The van der Waals surface area contributed by atoms with E-state index < -0.39 is 4.92 Å². The number of hydrogen-bond acceptors (Lipinski definition) is 6. The summed E-state index contributed by atoms with van der Waals surface area (Å²) in [5.41, 5.74) is 3.22. The molecule has 0 saturated heterocycles. The standard InChI is InChI=1S/C12H19N5O3/c1-3-16(8-12(18)14-2)7-9-4-5-10(15-13)11(6-9)17(19)20/h4-6,15H,3,7-8,13H2,1-2H3,(H,14,18). The molecule has 1 rings (SSSR count). The summed E-state index contributed by atoms with van der Waals surface area (Å²) in [5, 5.41) is 13.5. The number of hydrazine groups is 1. The smallest absolute Gasteiger partial charge is 0.293 e. The van der Waals surface area contributed by atoms with Crippen LogP contribution in [0.25, 0.3) is 0 Å². The summed E-state index contributed by atoms with van der Waals surface area (Å²) in [6, 6.07) is 4.76. The number of rotatable bonds is 7. The molecule has 0 fully saturated rings. The Morgan fingerprint density at radius 2 is 2.20 bits per heavy atom. The number of nitro benzene ring substituents is 1. The van der Waals surface area contributed by atoms with Crippen LogP contribution in [-0.4, -0.2) is 35.9 Å². The summed E-state index contributed by atoms with van der Waals surface area (Å²) >= 11 is 0. The van der Waals surface area contributed by atoms with Crippen molar-refractivity contribution in [3.05, 3.63) is 33.9 Å². The molecule has 0 aliphatic heterocycles. The van der Waals surface area contributed by atoms with Crippen molar-refractivity contribution in [1.82, 2.24) is 10.2 Å². The SMILES string of the molecule is CCN(CC(=O)NC)Cc1ccc(NN)c([N+](=O)[O-])c1. The van der Waals surface area contributed by atoms with Crippen LogP contribution in [0.1, 0.15) is 12.5 Å². The van der Waals surface area contributed by atoms with Crippen LogP contribution in [0.5, 0.6) is 0 Å². The third-order valence-electron chi connectivity index (χ3n) is 2.91. The van der Waals surface area contributed by atoms with Crippen LogP contribution in [0.3, 0.4) is 0 Å². The van der Waals surface area contributed by atoms with E-state index in [2.05, 4.69) is 10.7 Å². The van der Waals surface area contributed by atoms with E-state index in [0.717, 1.165) is 5.56 Å². The second kappa shape index (κ2) is 7.41. The van der Waals surface area contributed by atoms with Crippen molar-refractivity contribution in [1.29, 1.82) is 0 Å². The maximum Gasteiger partial charge on any atom is 0.293 e. The van der Waals surface area contributed by atoms with Gasteiger partial charge in [-0.25, -0.2) is 0 Å². The number of hydrogen-bond donors (Lipinski definition) is 3. The second-order valence-corrected chi connectivity index (χ2v) is 4.23. The Morgan fingerprint density at radius 3 is 2.70 bits per heavy atom. The van der Waals surface area contributed by atoms with Crippen LogP contribution >= 0.6 is 0 Å². The van der Waals surface area contributed by atoms with Gasteiger partial charge in [0.2, 0.25) is 5.91 Å². The Labute approximate surface area is 117 Å². The molecule has 1 aromatic rings. The van der Waals surface area contributed by atoms with Gasteiger partial charge in [-0.2, -0.15) is 0 Å². The number of nitrogens with two attached hydrogens (primary N) is 1. The fourth-order valence-corrected chi connectivity index (χ4v) is 1.77. The predicted molar refractivity (Wildman–Crippen MR) is 75.9 cm³/mol. The van der Waals surface area contributed by atoms with E-state index in [1.165, 1.54) is 6.07 Å². The Bertz CT molecular complexity index is 492. The van der Waals surface area contributed by atoms with Gasteiger partial charge in [0.05, 0.1) is 11.5 Å². The van der Waals surface area contributed by atoms with Crippen LogP contribution < -0.4 is 16.6 Å². The first-order valence-corrected chi connectivity index (χ1v) is 6.18. The van der Waals surface area contributed by atoms with Gasteiger partial charge in [0.25, 0.3) is 5.69 Å². The lowest BCUT2D eigenvalue weighted by Crippen LogP contribution is -2.35. The maximum absolute atomic E-state index is 11.4. The van der Waals surface area contributed by atoms with E-state index in [0.29, 0.717) is 13.1 Å². The van der Waals surface area contributed by atoms with E-state index in [-0.39, 0.29) is 23.8 Å². The molecule has 8 heteroatoms. The number of likely N-dealkylation sites (N-methyl/N-ethyl adjacent to an activating group) is 2. The minimum Gasteiger partial charge on any atom is -0.358 e. The molecule has 0 radical (unpaired) electrons. The van der Waals surface area contributed by atoms with E-state index in [4.69, 9.17) is 5.84 Å². The monoisotopic (exact) mass is 281 g/mol. The Balaban J connectivity index is 2.88. The number of carbonyl (C=O) groups is 1. The van der Waals surface area contributed by atoms with E-state index in [1.807, 2.05) is 11.8 Å². The molecule has 4 N–H and O–H groups in total. The van der Waals surface area contributed by atoms with Gasteiger partial charge in [-0.3, -0.25) is 25.7 Å². The third-order valence-corrected chi connectivity index (χ3v) is 2.91. The molecule has 20 heavy (non-hydrogen) atoms. The summed E-state index contributed by atoms with van der Waals surface area (Å²) in [6.07, 6.45) is 0. The summed E-state index contributed by atoms with van der Waals surface area (Å²) < 4.78 is 0. The maximum atomic E-state index is 11.4. The fraction of sp³-hybridized carbons (Fsp3) is 0.417. The molecule has 8 nitrogen and oxygen atoms in total. The molecule has 0 aromatic heterocycles. The average molecular weight is 281 g/mol. The van der Waals surface area contributed by atoms with Crippen molar-refractivity contribution in [2.75, 3.05) is 25.6 Å². The van der Waals surface area contributed by atoms with E-state index in [9.17, 15) is 14.9 Å². The molecular weight excluding hydrogens is 262 g/mol. The fourth-order valence-electron chi connectivity index (χ4n) is 1.77. The van der Waals surface area contributed by atoms with Crippen LogP contribution in [-0.2, 0) is 11.3 Å². The van der Waals surface area contributed by atoms with Crippen molar-refractivity contribution >= 4 is 17.3 Å². The van der Waals surface area contributed by atoms with Crippen molar-refractivity contribution in [2.24, 2.45) is 5.84 Å². The topological polar surface area (TPSA) is 114 Å². The molecule has 0 aliphatic rings. The minimum atomic E-state index is -0.492. The molecule has 0 saturated carbocycles. The van der Waals surface area contributed by atoms with Gasteiger partial charge in [-0.05, 0) is 18.2 Å². The highest BCUT2D eigenvalue weighted by Gasteiger charge is 2.15. The normalized spacial score (nSPS) is 10.4. The first-order chi connectivity index (χ1) is 9.51. The van der Waals surface area contributed by atoms with Crippen molar-refractivity contribution < 1.29 is 9.72 Å². The van der Waals surface area contributed by atoms with Gasteiger partial charge < -0.3 is 10.7 Å². The number of amides is 1. The summed E-state index contributed by atoms with van der Waals surface area (Å²) in [7, 11) is 1.57. The average Bonchev–Trinajstić information content (AvgIpc) is 2.45. The molecule has 1 amide bonds. The largest absolute Gasteiger partial charge is 0.358 e. The van der Waals surface area contributed by atoms with Gasteiger partial charge >= 0.3 is 0 Å². The number of nitrogens with one attached hydrogen (secondary N) is 2. The number of nitro groups is 1. The summed E-state index contributed by atoms with van der Waals surface area (Å²) in [6.45, 7) is 3.29. The third kappa shape index (κ3) is 4.18. The van der Waals surface area contributed by atoms with Gasteiger partial charge in [0.1, 0.15) is 5.69 Å². The molecule has 0 heterocycles. The number of nitrogen functional groups attached to an aromatic ring is 1. The summed E-state index contributed by atoms with van der Waals surface area (Å²) in [4.78, 5) is 23.7. The van der Waals surface area contributed by atoms with E-state index >= 15 is 0 Å². The zero-order chi connectivity index (χ0) is 15.1. The van der Waals surface area contributed by atoms with Crippen LogP contribution in [0, 0.1) is 10.1 Å². The Morgan fingerprint density at radius 1 is 1.50 bits per heavy atom. The molecule has 0 bridgehead atoms. The van der Waals surface area contributed by atoms with Gasteiger partial charge in [-0.15, -0.1) is 0 Å². The Kier molecular flexibility index (Phi) is 5.88. The van der Waals surface area contributed by atoms with Gasteiger partial charge in [0, 0.05) is 19.7 Å². The van der Waals surface area contributed by atoms with Gasteiger partial charge in [-0.1, -0.05) is 13.0 Å². The Hall–Kier alpha value is -2.19. The molecular formula is C12H19N5O3. The van der Waals surface area contributed by atoms with Crippen molar-refractivity contribution in [3.63, 3.8) is 0 Å². The first-order valence-electron chi connectivity index (χ1n) is 6.18. The first kappa shape index (κ1) is 15.9. The number of carbonyl (C=O) groups excluding carboxylic acids is 1. The van der Waals surface area contributed by atoms with Crippen LogP contribution in [0.15, 0.2) is 18.2 Å². The minimum absolute atomic E-state index is 0.0824. The van der Waals surface area contributed by atoms with Crippen LogP contribution in [0.4, 0.5) is 11.4 Å². The van der Waals surface area contributed by atoms with Crippen molar-refractivity contribution in [3.8, 4) is 0 Å². The highest BCUT2D eigenvalue weighted by atomic mass is 16.6. The highest BCUT2D eigenvalue weighted by Crippen LogP contribution is 2.25. The summed E-state index contributed by atoms with van der Waals surface area (Å²) in [5.74, 6) is 5.14. The molecule has 0 spiro atoms. The lowest BCUT2D eigenvalue weighted by atomic mass is 10.1. The molecule has 0 aliphatic carbocycles. The van der Waals surface area contributed by atoms with Crippen molar-refractivity contribution in [2.45, 2.75) is 13.5 Å². The predicted octanol–water partition coefficient (Wildman–Crippen LogP) is 0.448. The lowest BCUT2D eigenvalue weighted by Gasteiger charge is -2.19. The quantitative estimate of drug-likeness (QED) is 0.380.